The molecule has 0 saturated carbocycles. The van der Waals surface area contributed by atoms with Gasteiger partial charge >= 0.3 is 0 Å². The summed E-state index contributed by atoms with van der Waals surface area (Å²) in [6.07, 6.45) is 0.706. The molecule has 0 aromatic heterocycles. The number of aliphatic hydroxyl groups excluding tert-OH is 1. The van der Waals surface area contributed by atoms with Crippen LogP contribution in [0.25, 0.3) is 0 Å². The quantitative estimate of drug-likeness (QED) is 0.726. The molecule has 0 aliphatic rings. The van der Waals surface area contributed by atoms with Crippen molar-refractivity contribution in [3.8, 4) is 0 Å². The van der Waals surface area contributed by atoms with Crippen molar-refractivity contribution >= 4 is 0 Å². The van der Waals surface area contributed by atoms with Gasteiger partial charge in [-0.05, 0) is 43.5 Å². The lowest BCUT2D eigenvalue weighted by Crippen LogP contribution is -2.23. The Labute approximate surface area is 92.3 Å². The van der Waals surface area contributed by atoms with E-state index in [-0.39, 0.29) is 0 Å². The minimum absolute atomic E-state index is 0.391. The molecule has 0 amide bonds. The van der Waals surface area contributed by atoms with Crippen molar-refractivity contribution < 1.29 is 5.11 Å². The third-order valence-electron chi connectivity index (χ3n) is 2.64. The molecule has 84 valence electrons. The Morgan fingerprint density at radius 2 is 1.87 bits per heavy atom. The molecule has 0 saturated heterocycles. The van der Waals surface area contributed by atoms with Crippen molar-refractivity contribution in [2.75, 3.05) is 13.1 Å². The Morgan fingerprint density at radius 1 is 1.27 bits per heavy atom. The molecule has 0 aliphatic heterocycles. The summed E-state index contributed by atoms with van der Waals surface area (Å²) in [7, 11) is 0. The zero-order chi connectivity index (χ0) is 11.3. The molecule has 15 heavy (non-hydrogen) atoms. The van der Waals surface area contributed by atoms with Crippen LogP contribution < -0.4 is 5.32 Å². The van der Waals surface area contributed by atoms with Gasteiger partial charge in [-0.1, -0.05) is 25.1 Å². The molecule has 0 fully saturated rings. The summed E-state index contributed by atoms with van der Waals surface area (Å²) in [4.78, 5) is 0. The number of aliphatic hydroxyl groups is 1. The van der Waals surface area contributed by atoms with E-state index in [1.165, 1.54) is 11.1 Å². The van der Waals surface area contributed by atoms with Crippen LogP contribution in [0.4, 0.5) is 0 Å². The Hall–Kier alpha value is -0.860. The van der Waals surface area contributed by atoms with E-state index in [0.29, 0.717) is 6.54 Å². The van der Waals surface area contributed by atoms with E-state index >= 15 is 0 Å². The standard InChI is InChI=1S/C13H21NO/c1-4-8-14-9-12(15)13-10(2)6-5-7-11(13)3/h5-7,12,14-15H,4,8-9H2,1-3H3. The monoisotopic (exact) mass is 207 g/mol. The summed E-state index contributed by atoms with van der Waals surface area (Å²) in [5.41, 5.74) is 3.41. The van der Waals surface area contributed by atoms with Crippen molar-refractivity contribution in [3.63, 3.8) is 0 Å². The van der Waals surface area contributed by atoms with Gasteiger partial charge in [0.05, 0.1) is 6.10 Å². The predicted molar refractivity (Wildman–Crippen MR) is 64.0 cm³/mol. The summed E-state index contributed by atoms with van der Waals surface area (Å²) >= 11 is 0. The van der Waals surface area contributed by atoms with Gasteiger partial charge in [0, 0.05) is 6.54 Å². The maximum absolute atomic E-state index is 10.0. The number of hydrogen-bond donors (Lipinski definition) is 2. The first-order valence-electron chi connectivity index (χ1n) is 5.61. The van der Waals surface area contributed by atoms with Crippen LogP contribution in [0.15, 0.2) is 18.2 Å². The molecular weight excluding hydrogens is 186 g/mol. The van der Waals surface area contributed by atoms with Gasteiger partial charge in [-0.25, -0.2) is 0 Å². The minimum atomic E-state index is -0.391. The zero-order valence-electron chi connectivity index (χ0n) is 9.88. The van der Waals surface area contributed by atoms with E-state index in [4.69, 9.17) is 0 Å². The predicted octanol–water partition coefficient (Wildman–Crippen LogP) is 2.34. The number of benzene rings is 1. The molecular formula is C13H21NO. The molecule has 0 spiro atoms. The highest BCUT2D eigenvalue weighted by Gasteiger charge is 2.11. The van der Waals surface area contributed by atoms with Gasteiger partial charge in [0.25, 0.3) is 0 Å². The lowest BCUT2D eigenvalue weighted by atomic mass is 9.98. The van der Waals surface area contributed by atoms with Gasteiger partial charge in [-0.3, -0.25) is 0 Å². The molecule has 1 rings (SSSR count). The van der Waals surface area contributed by atoms with Crippen LogP contribution >= 0.6 is 0 Å². The second-order valence-corrected chi connectivity index (χ2v) is 4.03. The molecule has 1 aromatic carbocycles. The molecule has 1 aromatic rings. The van der Waals surface area contributed by atoms with Crippen LogP contribution in [-0.4, -0.2) is 18.2 Å². The van der Waals surface area contributed by atoms with Gasteiger partial charge in [0.1, 0.15) is 0 Å². The molecule has 0 heterocycles. The van der Waals surface area contributed by atoms with Gasteiger partial charge in [-0.2, -0.15) is 0 Å². The molecule has 1 unspecified atom stereocenters. The Balaban J connectivity index is 2.68. The van der Waals surface area contributed by atoms with Crippen LogP contribution in [0.5, 0.6) is 0 Å². The summed E-state index contributed by atoms with van der Waals surface area (Å²) in [6.45, 7) is 7.82. The SMILES string of the molecule is CCCNCC(O)c1c(C)cccc1C. The van der Waals surface area contributed by atoms with E-state index < -0.39 is 6.10 Å². The molecule has 0 aliphatic carbocycles. The molecule has 0 radical (unpaired) electrons. The minimum Gasteiger partial charge on any atom is -0.387 e. The highest BCUT2D eigenvalue weighted by atomic mass is 16.3. The fourth-order valence-corrected chi connectivity index (χ4v) is 1.87. The van der Waals surface area contributed by atoms with Crippen LogP contribution in [0, 0.1) is 13.8 Å². The molecule has 0 bridgehead atoms. The van der Waals surface area contributed by atoms with E-state index in [1.807, 2.05) is 32.0 Å². The average Bonchev–Trinajstić information content (AvgIpc) is 2.18. The van der Waals surface area contributed by atoms with Gasteiger partial charge in [0.15, 0.2) is 0 Å². The Morgan fingerprint density at radius 3 is 2.40 bits per heavy atom. The Kier molecular flexibility index (Phi) is 4.79. The van der Waals surface area contributed by atoms with Crippen molar-refractivity contribution in [1.29, 1.82) is 0 Å². The summed E-state index contributed by atoms with van der Waals surface area (Å²) in [5, 5.41) is 13.3. The van der Waals surface area contributed by atoms with E-state index in [9.17, 15) is 5.11 Å². The normalized spacial score (nSPS) is 12.8. The fraction of sp³-hybridized carbons (Fsp3) is 0.538. The highest BCUT2D eigenvalue weighted by molar-refractivity contribution is 5.35. The van der Waals surface area contributed by atoms with Gasteiger partial charge in [0.2, 0.25) is 0 Å². The first-order chi connectivity index (χ1) is 7.16. The lowest BCUT2D eigenvalue weighted by molar-refractivity contribution is 0.173. The molecule has 2 nitrogen and oxygen atoms in total. The lowest BCUT2D eigenvalue weighted by Gasteiger charge is -2.16. The number of nitrogens with one attached hydrogen (secondary N) is 1. The summed E-state index contributed by atoms with van der Waals surface area (Å²) < 4.78 is 0. The number of rotatable bonds is 5. The van der Waals surface area contributed by atoms with E-state index in [0.717, 1.165) is 18.5 Å². The molecule has 1 atom stereocenters. The highest BCUT2D eigenvalue weighted by Crippen LogP contribution is 2.20. The second kappa shape index (κ2) is 5.89. The Bertz CT molecular complexity index is 289. The molecule has 2 N–H and O–H groups in total. The first kappa shape index (κ1) is 12.2. The van der Waals surface area contributed by atoms with Crippen molar-refractivity contribution in [3.05, 3.63) is 34.9 Å². The number of hydrogen-bond acceptors (Lipinski definition) is 2. The van der Waals surface area contributed by atoms with Gasteiger partial charge < -0.3 is 10.4 Å². The third-order valence-corrected chi connectivity index (χ3v) is 2.64. The first-order valence-corrected chi connectivity index (χ1v) is 5.61. The van der Waals surface area contributed by atoms with Crippen molar-refractivity contribution in [1.82, 2.24) is 5.32 Å². The van der Waals surface area contributed by atoms with Crippen LogP contribution in [-0.2, 0) is 0 Å². The summed E-state index contributed by atoms with van der Waals surface area (Å²) in [5.74, 6) is 0. The fourth-order valence-electron chi connectivity index (χ4n) is 1.87. The van der Waals surface area contributed by atoms with Crippen molar-refractivity contribution in [2.45, 2.75) is 33.3 Å². The third kappa shape index (κ3) is 3.33. The smallest absolute Gasteiger partial charge is 0.0919 e. The zero-order valence-corrected chi connectivity index (χ0v) is 9.88. The second-order valence-electron chi connectivity index (χ2n) is 4.03. The average molecular weight is 207 g/mol. The largest absolute Gasteiger partial charge is 0.387 e. The van der Waals surface area contributed by atoms with Gasteiger partial charge in [-0.15, -0.1) is 0 Å². The maximum atomic E-state index is 10.0. The van der Waals surface area contributed by atoms with Crippen LogP contribution in [0.3, 0.4) is 0 Å². The maximum Gasteiger partial charge on any atom is 0.0919 e. The topological polar surface area (TPSA) is 32.3 Å². The van der Waals surface area contributed by atoms with Crippen LogP contribution in [0.2, 0.25) is 0 Å². The van der Waals surface area contributed by atoms with E-state index in [1.54, 1.807) is 0 Å². The van der Waals surface area contributed by atoms with Crippen molar-refractivity contribution in [2.24, 2.45) is 0 Å². The van der Waals surface area contributed by atoms with Crippen LogP contribution in [0.1, 0.15) is 36.1 Å². The number of aryl methyl sites for hydroxylation is 2. The summed E-state index contributed by atoms with van der Waals surface area (Å²) in [6, 6.07) is 6.12. The molecule has 2 heteroatoms. The van der Waals surface area contributed by atoms with E-state index in [2.05, 4.69) is 12.2 Å².